The quantitative estimate of drug-likeness (QED) is 0.148. The molecule has 0 spiro atoms. The minimum atomic E-state index is -0.0533. The predicted molar refractivity (Wildman–Crippen MR) is 292 cm³/mol. The van der Waals surface area contributed by atoms with Crippen LogP contribution >= 0.6 is 0 Å². The Balaban J connectivity index is 0.864. The smallest absolute Gasteiger partial charge is 0.0541 e. The van der Waals surface area contributed by atoms with E-state index < -0.39 is 0 Å². The van der Waals surface area contributed by atoms with Crippen LogP contribution in [0, 0.1) is 0 Å². The summed E-state index contributed by atoms with van der Waals surface area (Å²) in [5, 5.41) is 5.03. The molecule has 0 fully saturated rings. The van der Waals surface area contributed by atoms with Gasteiger partial charge in [-0.25, -0.2) is 0 Å². The zero-order chi connectivity index (χ0) is 46.1. The molecule has 0 unspecified atom stereocenters. The standard InChI is InChI=1S/C67H48N2/c1-67(2)62-25-9-5-21-58(62)59-42-35-50(44-63(59)67)46-31-38-53(39-32-46)68(54-40-33-48(34-41-54)56-24-14-16-47-15-3-4-19-55(47)56)52-36-29-45(30-37-52)49-17-13-18-51(43-49)57-20-6-10-26-64(57)69-65-27-11-7-22-60(65)61-23-8-12-28-66(61)69/h3-44H,1-2H3. The zero-order valence-electron chi connectivity index (χ0n) is 38.6. The number of aromatic nitrogens is 1. The van der Waals surface area contributed by atoms with E-state index >= 15 is 0 Å². The maximum atomic E-state index is 2.42. The van der Waals surface area contributed by atoms with Crippen molar-refractivity contribution in [1.82, 2.24) is 4.57 Å². The van der Waals surface area contributed by atoms with Crippen molar-refractivity contribution >= 4 is 49.6 Å². The number of hydrogen-bond donors (Lipinski definition) is 0. The lowest BCUT2D eigenvalue weighted by Gasteiger charge is -2.26. The molecule has 0 aliphatic heterocycles. The minimum absolute atomic E-state index is 0.0533. The fourth-order valence-electron chi connectivity index (χ4n) is 11.2. The molecule has 2 heteroatoms. The second-order valence-electron chi connectivity index (χ2n) is 18.9. The van der Waals surface area contributed by atoms with Gasteiger partial charge in [-0.2, -0.15) is 0 Å². The molecule has 2 nitrogen and oxygen atoms in total. The summed E-state index contributed by atoms with van der Waals surface area (Å²) in [6.45, 7) is 4.70. The average molecular weight is 881 g/mol. The zero-order valence-corrected chi connectivity index (χ0v) is 38.6. The van der Waals surface area contributed by atoms with Crippen molar-refractivity contribution in [2.45, 2.75) is 19.3 Å². The van der Waals surface area contributed by atoms with Crippen molar-refractivity contribution in [2.75, 3.05) is 4.90 Å². The lowest BCUT2D eigenvalue weighted by Crippen LogP contribution is -2.14. The summed E-state index contributed by atoms with van der Waals surface area (Å²) in [6.07, 6.45) is 0. The van der Waals surface area contributed by atoms with Crippen molar-refractivity contribution in [3.05, 3.63) is 266 Å². The van der Waals surface area contributed by atoms with Gasteiger partial charge in [0, 0.05) is 38.8 Å². The lowest BCUT2D eigenvalue weighted by atomic mass is 9.81. The Kier molecular flexibility index (Phi) is 9.55. The van der Waals surface area contributed by atoms with E-state index in [2.05, 4.69) is 278 Å². The summed E-state index contributed by atoms with van der Waals surface area (Å²) in [4.78, 5) is 2.38. The van der Waals surface area contributed by atoms with Gasteiger partial charge in [0.1, 0.15) is 0 Å². The molecule has 69 heavy (non-hydrogen) atoms. The van der Waals surface area contributed by atoms with E-state index in [1.54, 1.807) is 0 Å². The van der Waals surface area contributed by atoms with Gasteiger partial charge in [0.15, 0.2) is 0 Å². The van der Waals surface area contributed by atoms with Gasteiger partial charge in [0.25, 0.3) is 0 Å². The molecule has 0 amide bonds. The van der Waals surface area contributed by atoms with Gasteiger partial charge < -0.3 is 9.47 Å². The summed E-state index contributed by atoms with van der Waals surface area (Å²) in [5.41, 5.74) is 21.9. The summed E-state index contributed by atoms with van der Waals surface area (Å²) in [5.74, 6) is 0. The van der Waals surface area contributed by atoms with Gasteiger partial charge >= 0.3 is 0 Å². The number of fused-ring (bicyclic) bond motifs is 7. The Morgan fingerprint density at radius 2 is 0.768 bits per heavy atom. The number of rotatable bonds is 8. The molecule has 0 radical (unpaired) electrons. The first-order valence-electron chi connectivity index (χ1n) is 24.0. The largest absolute Gasteiger partial charge is 0.311 e. The summed E-state index contributed by atoms with van der Waals surface area (Å²) < 4.78 is 2.42. The third-order valence-corrected chi connectivity index (χ3v) is 14.6. The second-order valence-corrected chi connectivity index (χ2v) is 18.9. The van der Waals surface area contributed by atoms with E-state index in [0.29, 0.717) is 0 Å². The second kappa shape index (κ2) is 16.3. The number of anilines is 3. The predicted octanol–water partition coefficient (Wildman–Crippen LogP) is 18.4. The number of benzene rings is 11. The first-order valence-corrected chi connectivity index (χ1v) is 24.0. The van der Waals surface area contributed by atoms with Crippen LogP contribution in [0.2, 0.25) is 0 Å². The fraction of sp³-hybridized carbons (Fsp3) is 0.0448. The molecule has 13 rings (SSSR count). The Hall–Kier alpha value is -8.72. The van der Waals surface area contributed by atoms with Gasteiger partial charge in [0.2, 0.25) is 0 Å². The summed E-state index contributed by atoms with van der Waals surface area (Å²) >= 11 is 0. The molecular formula is C67H48N2. The molecule has 0 saturated heterocycles. The third kappa shape index (κ3) is 6.79. The van der Waals surface area contributed by atoms with E-state index in [-0.39, 0.29) is 5.41 Å². The highest BCUT2D eigenvalue weighted by molar-refractivity contribution is 6.10. The van der Waals surface area contributed by atoms with Crippen LogP contribution in [0.25, 0.3) is 93.9 Å². The van der Waals surface area contributed by atoms with Gasteiger partial charge in [-0.05, 0) is 139 Å². The van der Waals surface area contributed by atoms with Crippen molar-refractivity contribution < 1.29 is 0 Å². The van der Waals surface area contributed by atoms with Crippen LogP contribution < -0.4 is 4.90 Å². The molecule has 0 saturated carbocycles. The molecule has 11 aromatic carbocycles. The molecule has 12 aromatic rings. The third-order valence-electron chi connectivity index (χ3n) is 14.6. The molecule has 0 N–H and O–H groups in total. The summed E-state index contributed by atoms with van der Waals surface area (Å²) in [7, 11) is 0. The van der Waals surface area contributed by atoms with Gasteiger partial charge in [-0.3, -0.25) is 0 Å². The number of para-hydroxylation sites is 3. The molecular weight excluding hydrogens is 833 g/mol. The fourth-order valence-corrected chi connectivity index (χ4v) is 11.2. The Morgan fingerprint density at radius 1 is 0.304 bits per heavy atom. The maximum Gasteiger partial charge on any atom is 0.0541 e. The Bertz CT molecular complexity index is 3850. The SMILES string of the molecule is CC1(C)c2ccccc2-c2ccc(-c3ccc(N(c4ccc(-c5cccc(-c6ccccc6-n6c7ccccc7c7ccccc76)c5)cc4)c4ccc(-c5cccc6ccccc56)cc4)cc3)cc21. The number of nitrogens with zero attached hydrogens (tertiary/aromatic N) is 2. The van der Waals surface area contributed by atoms with Crippen molar-refractivity contribution in [1.29, 1.82) is 0 Å². The number of hydrogen-bond acceptors (Lipinski definition) is 1. The Labute approximate surface area is 403 Å². The van der Waals surface area contributed by atoms with Crippen LogP contribution in [0.4, 0.5) is 17.1 Å². The molecule has 0 bridgehead atoms. The molecule has 1 aliphatic rings. The molecule has 1 aliphatic carbocycles. The molecule has 326 valence electrons. The first kappa shape index (κ1) is 40.5. The van der Waals surface area contributed by atoms with Crippen LogP contribution in [0.1, 0.15) is 25.0 Å². The molecule has 1 heterocycles. The van der Waals surface area contributed by atoms with Gasteiger partial charge in [0.05, 0.1) is 16.7 Å². The van der Waals surface area contributed by atoms with Crippen molar-refractivity contribution in [2.24, 2.45) is 0 Å². The highest BCUT2D eigenvalue weighted by atomic mass is 15.1. The van der Waals surface area contributed by atoms with Crippen LogP contribution in [-0.4, -0.2) is 4.57 Å². The van der Waals surface area contributed by atoms with Crippen molar-refractivity contribution in [3.8, 4) is 61.3 Å². The highest BCUT2D eigenvalue weighted by Gasteiger charge is 2.35. The average Bonchev–Trinajstić information content (AvgIpc) is 3.87. The maximum absolute atomic E-state index is 2.42. The van der Waals surface area contributed by atoms with Crippen LogP contribution in [0.3, 0.4) is 0 Å². The molecule has 1 aromatic heterocycles. The van der Waals surface area contributed by atoms with E-state index in [0.717, 1.165) is 17.1 Å². The first-order chi connectivity index (χ1) is 34.0. The van der Waals surface area contributed by atoms with Crippen molar-refractivity contribution in [3.63, 3.8) is 0 Å². The van der Waals surface area contributed by atoms with Crippen LogP contribution in [0.15, 0.2) is 255 Å². The van der Waals surface area contributed by atoms with Gasteiger partial charge in [-0.1, -0.05) is 202 Å². The molecule has 0 atom stereocenters. The monoisotopic (exact) mass is 880 g/mol. The van der Waals surface area contributed by atoms with E-state index in [1.165, 1.54) is 105 Å². The van der Waals surface area contributed by atoms with E-state index in [1.807, 2.05) is 0 Å². The van der Waals surface area contributed by atoms with E-state index in [9.17, 15) is 0 Å². The highest BCUT2D eigenvalue weighted by Crippen LogP contribution is 2.50. The lowest BCUT2D eigenvalue weighted by molar-refractivity contribution is 0.660. The topological polar surface area (TPSA) is 8.17 Å². The summed E-state index contributed by atoms with van der Waals surface area (Å²) in [6, 6.07) is 93.5. The van der Waals surface area contributed by atoms with E-state index in [4.69, 9.17) is 0 Å². The van der Waals surface area contributed by atoms with Crippen LogP contribution in [-0.2, 0) is 5.41 Å². The van der Waals surface area contributed by atoms with Gasteiger partial charge in [-0.15, -0.1) is 0 Å². The van der Waals surface area contributed by atoms with Crippen LogP contribution in [0.5, 0.6) is 0 Å². The minimum Gasteiger partial charge on any atom is -0.311 e. The Morgan fingerprint density at radius 3 is 1.45 bits per heavy atom. The normalized spacial score (nSPS) is 12.6.